The first-order valence-corrected chi connectivity index (χ1v) is 6.38. The molecule has 96 valence electrons. The number of hydrogen-bond acceptors (Lipinski definition) is 5. The first kappa shape index (κ1) is 11.4. The monoisotopic (exact) mass is 247 g/mol. The molecule has 3 rings (SSSR count). The minimum absolute atomic E-state index is 0.240. The molecule has 1 unspecified atom stereocenters. The molecule has 0 bridgehead atoms. The molecule has 0 aliphatic carbocycles. The van der Waals surface area contributed by atoms with Gasteiger partial charge in [-0.1, -0.05) is 12.1 Å². The van der Waals surface area contributed by atoms with Gasteiger partial charge in [-0.25, -0.2) is 0 Å². The summed E-state index contributed by atoms with van der Waals surface area (Å²) in [6, 6.07) is 0.240. The number of aromatic nitrogens is 4. The Labute approximate surface area is 105 Å². The Bertz CT molecular complexity index is 538. The number of nitrogens with one attached hydrogen (secondary N) is 1. The van der Waals surface area contributed by atoms with Gasteiger partial charge < -0.3 is 9.84 Å². The van der Waals surface area contributed by atoms with Crippen LogP contribution in [-0.2, 0) is 13.5 Å². The third-order valence-corrected chi connectivity index (χ3v) is 3.28. The molecule has 2 aromatic heterocycles. The normalized spacial score (nSPS) is 19.6. The van der Waals surface area contributed by atoms with Crippen LogP contribution in [0.25, 0.3) is 11.5 Å². The van der Waals surface area contributed by atoms with Gasteiger partial charge in [-0.2, -0.15) is 10.1 Å². The average Bonchev–Trinajstić information content (AvgIpc) is 3.08. The molecule has 2 aromatic rings. The van der Waals surface area contributed by atoms with Crippen molar-refractivity contribution in [1.82, 2.24) is 25.2 Å². The third-order valence-electron chi connectivity index (χ3n) is 3.28. The van der Waals surface area contributed by atoms with Crippen molar-refractivity contribution >= 4 is 0 Å². The van der Waals surface area contributed by atoms with E-state index in [1.807, 2.05) is 13.2 Å². The maximum atomic E-state index is 5.36. The van der Waals surface area contributed by atoms with Crippen LogP contribution in [0.3, 0.4) is 0 Å². The molecule has 0 saturated carbocycles. The molecule has 18 heavy (non-hydrogen) atoms. The summed E-state index contributed by atoms with van der Waals surface area (Å²) in [5.74, 6) is 1.33. The molecule has 6 nitrogen and oxygen atoms in total. The van der Waals surface area contributed by atoms with Crippen LogP contribution in [-0.4, -0.2) is 26.5 Å². The summed E-state index contributed by atoms with van der Waals surface area (Å²) in [5.41, 5.74) is 1.93. The lowest BCUT2D eigenvalue weighted by molar-refractivity contribution is 0.412. The van der Waals surface area contributed by atoms with Crippen molar-refractivity contribution in [3.63, 3.8) is 0 Å². The van der Waals surface area contributed by atoms with Crippen molar-refractivity contribution < 1.29 is 4.52 Å². The molecule has 0 amide bonds. The van der Waals surface area contributed by atoms with E-state index in [1.54, 1.807) is 4.68 Å². The number of hydrogen-bond donors (Lipinski definition) is 1. The number of nitrogens with zero attached hydrogens (tertiary/aromatic N) is 4. The SMILES string of the molecule is CCc1nn(C)cc1-c1nc(C2CCCN2)no1. The fraction of sp³-hybridized carbons (Fsp3) is 0.583. The summed E-state index contributed by atoms with van der Waals surface area (Å²) < 4.78 is 7.15. The number of aryl methyl sites for hydroxylation is 2. The molecule has 1 aliphatic rings. The zero-order valence-corrected chi connectivity index (χ0v) is 10.7. The van der Waals surface area contributed by atoms with E-state index in [2.05, 4.69) is 27.5 Å². The summed E-state index contributed by atoms with van der Waals surface area (Å²) in [7, 11) is 1.90. The van der Waals surface area contributed by atoms with Gasteiger partial charge in [0.2, 0.25) is 0 Å². The second-order valence-corrected chi connectivity index (χ2v) is 4.62. The fourth-order valence-corrected chi connectivity index (χ4v) is 2.37. The predicted molar refractivity (Wildman–Crippen MR) is 65.9 cm³/mol. The van der Waals surface area contributed by atoms with E-state index in [0.717, 1.165) is 36.5 Å². The summed E-state index contributed by atoms with van der Waals surface area (Å²) in [4.78, 5) is 4.49. The third kappa shape index (κ3) is 1.92. The Hall–Kier alpha value is -1.69. The lowest BCUT2D eigenvalue weighted by Crippen LogP contribution is -2.14. The average molecular weight is 247 g/mol. The Morgan fingerprint density at radius 1 is 1.56 bits per heavy atom. The lowest BCUT2D eigenvalue weighted by Gasteiger charge is -2.01. The van der Waals surface area contributed by atoms with Crippen LogP contribution in [0.2, 0.25) is 0 Å². The van der Waals surface area contributed by atoms with E-state index in [4.69, 9.17) is 4.52 Å². The van der Waals surface area contributed by atoms with E-state index >= 15 is 0 Å². The predicted octanol–water partition coefficient (Wildman–Crippen LogP) is 1.46. The van der Waals surface area contributed by atoms with Gasteiger partial charge in [-0.15, -0.1) is 0 Å². The van der Waals surface area contributed by atoms with Crippen molar-refractivity contribution in [3.8, 4) is 11.5 Å². The van der Waals surface area contributed by atoms with Crippen LogP contribution < -0.4 is 5.32 Å². The smallest absolute Gasteiger partial charge is 0.261 e. The van der Waals surface area contributed by atoms with Crippen LogP contribution >= 0.6 is 0 Å². The van der Waals surface area contributed by atoms with Gasteiger partial charge in [-0.05, 0) is 25.8 Å². The molecule has 1 aliphatic heterocycles. The highest BCUT2D eigenvalue weighted by molar-refractivity contribution is 5.55. The van der Waals surface area contributed by atoms with Crippen molar-refractivity contribution in [2.24, 2.45) is 7.05 Å². The zero-order chi connectivity index (χ0) is 12.5. The molecule has 1 saturated heterocycles. The maximum Gasteiger partial charge on any atom is 0.261 e. The van der Waals surface area contributed by atoms with Crippen LogP contribution in [0.1, 0.15) is 37.3 Å². The summed E-state index contributed by atoms with van der Waals surface area (Å²) >= 11 is 0. The van der Waals surface area contributed by atoms with E-state index in [9.17, 15) is 0 Å². The minimum Gasteiger partial charge on any atom is -0.334 e. The Kier molecular flexibility index (Phi) is 2.87. The molecule has 1 atom stereocenters. The molecule has 0 aromatic carbocycles. The van der Waals surface area contributed by atoms with Crippen molar-refractivity contribution in [2.45, 2.75) is 32.2 Å². The van der Waals surface area contributed by atoms with Gasteiger partial charge in [0.1, 0.15) is 0 Å². The fourth-order valence-electron chi connectivity index (χ4n) is 2.37. The molecular formula is C12H17N5O. The molecular weight excluding hydrogens is 230 g/mol. The zero-order valence-electron chi connectivity index (χ0n) is 10.7. The van der Waals surface area contributed by atoms with Crippen molar-refractivity contribution in [2.75, 3.05) is 6.54 Å². The highest BCUT2D eigenvalue weighted by Gasteiger charge is 2.23. The van der Waals surface area contributed by atoms with Crippen LogP contribution in [0, 0.1) is 0 Å². The topological polar surface area (TPSA) is 68.8 Å². The summed E-state index contributed by atoms with van der Waals surface area (Å²) in [6.07, 6.45) is 5.03. The second-order valence-electron chi connectivity index (χ2n) is 4.62. The Morgan fingerprint density at radius 2 is 2.44 bits per heavy atom. The highest BCUT2D eigenvalue weighted by Crippen LogP contribution is 2.25. The van der Waals surface area contributed by atoms with Gasteiger partial charge >= 0.3 is 0 Å². The van der Waals surface area contributed by atoms with Gasteiger partial charge in [0, 0.05) is 13.2 Å². The van der Waals surface area contributed by atoms with Gasteiger partial charge in [0.25, 0.3) is 5.89 Å². The molecule has 3 heterocycles. The number of rotatable bonds is 3. The summed E-state index contributed by atoms with van der Waals surface area (Å²) in [5, 5.41) is 11.8. The lowest BCUT2D eigenvalue weighted by atomic mass is 10.2. The van der Waals surface area contributed by atoms with Crippen molar-refractivity contribution in [3.05, 3.63) is 17.7 Å². The molecule has 6 heteroatoms. The van der Waals surface area contributed by atoms with Gasteiger partial charge in [0.05, 0.1) is 17.3 Å². The first-order chi connectivity index (χ1) is 8.78. The van der Waals surface area contributed by atoms with E-state index in [-0.39, 0.29) is 6.04 Å². The van der Waals surface area contributed by atoms with Crippen molar-refractivity contribution in [1.29, 1.82) is 0 Å². The van der Waals surface area contributed by atoms with Gasteiger partial charge in [0.15, 0.2) is 5.82 Å². The van der Waals surface area contributed by atoms with Gasteiger partial charge in [-0.3, -0.25) is 4.68 Å². The van der Waals surface area contributed by atoms with E-state index in [0.29, 0.717) is 5.89 Å². The second kappa shape index (κ2) is 4.53. The van der Waals surface area contributed by atoms with Crippen LogP contribution in [0.4, 0.5) is 0 Å². The molecule has 1 N–H and O–H groups in total. The van der Waals surface area contributed by atoms with E-state index < -0.39 is 0 Å². The highest BCUT2D eigenvalue weighted by atomic mass is 16.5. The Balaban J connectivity index is 1.92. The largest absolute Gasteiger partial charge is 0.334 e. The summed E-state index contributed by atoms with van der Waals surface area (Å²) in [6.45, 7) is 3.10. The van der Waals surface area contributed by atoms with Crippen LogP contribution in [0.15, 0.2) is 10.7 Å². The standard InChI is InChI=1S/C12H17N5O/c1-3-9-8(7-17(2)15-9)12-14-11(16-18-12)10-5-4-6-13-10/h7,10,13H,3-6H2,1-2H3. The molecule has 0 radical (unpaired) electrons. The minimum atomic E-state index is 0.240. The van der Waals surface area contributed by atoms with Crippen LogP contribution in [0.5, 0.6) is 0 Å². The quantitative estimate of drug-likeness (QED) is 0.889. The molecule has 0 spiro atoms. The maximum absolute atomic E-state index is 5.36. The first-order valence-electron chi connectivity index (χ1n) is 6.38. The van der Waals surface area contributed by atoms with E-state index in [1.165, 1.54) is 6.42 Å². The Morgan fingerprint density at radius 3 is 3.17 bits per heavy atom. The molecule has 1 fully saturated rings.